The number of pyridine rings is 1. The molecule has 1 fully saturated rings. The fourth-order valence-electron chi connectivity index (χ4n) is 2.87. The van der Waals surface area contributed by atoms with Gasteiger partial charge in [-0.2, -0.15) is 18.3 Å². The highest BCUT2D eigenvalue weighted by molar-refractivity contribution is 5.92. The number of carbonyl (C=O) groups excluding carboxylic acids is 1. The molecule has 0 unspecified atom stereocenters. The van der Waals surface area contributed by atoms with Crippen LogP contribution in [0.15, 0.2) is 35.3 Å². The molecule has 0 aromatic carbocycles. The van der Waals surface area contributed by atoms with E-state index < -0.39 is 11.7 Å². The molecule has 0 radical (unpaired) electrons. The van der Waals surface area contributed by atoms with Gasteiger partial charge in [0, 0.05) is 45.5 Å². The third-order valence-corrected chi connectivity index (χ3v) is 4.36. The highest BCUT2D eigenvalue weighted by Crippen LogP contribution is 2.29. The Morgan fingerprint density at radius 2 is 1.85 bits per heavy atom. The smallest absolute Gasteiger partial charge is 0.355 e. The van der Waals surface area contributed by atoms with Gasteiger partial charge in [-0.25, -0.2) is 9.67 Å². The second kappa shape index (κ2) is 7.37. The first kappa shape index (κ1) is 18.9. The average Bonchev–Trinajstić information content (AvgIpc) is 2.89. The van der Waals surface area contributed by atoms with Gasteiger partial charge in [0.15, 0.2) is 0 Å². The minimum Gasteiger partial charge on any atom is -0.355 e. The van der Waals surface area contributed by atoms with Gasteiger partial charge in [0.2, 0.25) is 0 Å². The van der Waals surface area contributed by atoms with Gasteiger partial charge in [-0.3, -0.25) is 9.59 Å². The number of aromatic nitrogens is 3. The van der Waals surface area contributed by atoms with Gasteiger partial charge in [-0.1, -0.05) is 0 Å². The molecule has 1 amide bonds. The Labute approximate surface area is 153 Å². The maximum atomic E-state index is 12.7. The quantitative estimate of drug-likeness (QED) is 0.789. The molecule has 144 valence electrons. The summed E-state index contributed by atoms with van der Waals surface area (Å²) in [6.45, 7) is 1.88. The molecule has 0 aliphatic carbocycles. The summed E-state index contributed by atoms with van der Waals surface area (Å²) in [6.07, 6.45) is -2.96. The van der Waals surface area contributed by atoms with E-state index in [2.05, 4.69) is 10.1 Å². The summed E-state index contributed by atoms with van der Waals surface area (Å²) in [7, 11) is 1.47. The lowest BCUT2D eigenvalue weighted by molar-refractivity contribution is -0.137. The SMILES string of the molecule is Cn1nc(C(=O)N2CCCN(c3ccc(C(F)(F)F)cn3)CC2)ccc1=O. The summed E-state index contributed by atoms with van der Waals surface area (Å²) in [5, 5.41) is 3.97. The zero-order valence-corrected chi connectivity index (χ0v) is 14.6. The van der Waals surface area contributed by atoms with Crippen LogP contribution in [0.2, 0.25) is 0 Å². The van der Waals surface area contributed by atoms with E-state index in [4.69, 9.17) is 0 Å². The van der Waals surface area contributed by atoms with Crippen molar-refractivity contribution in [3.05, 3.63) is 52.1 Å². The van der Waals surface area contributed by atoms with Crippen LogP contribution >= 0.6 is 0 Å². The lowest BCUT2D eigenvalue weighted by atomic mass is 10.2. The molecule has 1 saturated heterocycles. The van der Waals surface area contributed by atoms with Gasteiger partial charge in [0.25, 0.3) is 11.5 Å². The van der Waals surface area contributed by atoms with Gasteiger partial charge in [-0.05, 0) is 24.6 Å². The zero-order valence-electron chi connectivity index (χ0n) is 14.6. The lowest BCUT2D eigenvalue weighted by Crippen LogP contribution is -2.36. The fraction of sp³-hybridized carbons (Fsp3) is 0.412. The predicted molar refractivity (Wildman–Crippen MR) is 91.5 cm³/mol. The van der Waals surface area contributed by atoms with E-state index in [-0.39, 0.29) is 17.2 Å². The van der Waals surface area contributed by atoms with Crippen LogP contribution in [0.1, 0.15) is 22.5 Å². The number of alkyl halides is 3. The second-order valence-electron chi connectivity index (χ2n) is 6.22. The minimum atomic E-state index is -4.42. The standard InChI is InChI=1S/C17H18F3N5O2/c1-23-15(26)6-4-13(22-23)16(27)25-8-2-7-24(9-10-25)14-5-3-12(11-21-14)17(18,19)20/h3-6,11H,2,7-10H2,1H3. The molecule has 1 aliphatic heterocycles. The number of hydrogen-bond donors (Lipinski definition) is 0. The van der Waals surface area contributed by atoms with Crippen LogP contribution in [0, 0.1) is 0 Å². The molecule has 10 heteroatoms. The van der Waals surface area contributed by atoms with E-state index in [0.717, 1.165) is 16.9 Å². The summed E-state index contributed by atoms with van der Waals surface area (Å²) < 4.78 is 39.1. The van der Waals surface area contributed by atoms with Crippen molar-refractivity contribution in [1.82, 2.24) is 19.7 Å². The minimum absolute atomic E-state index is 0.179. The molecule has 3 heterocycles. The molecule has 0 spiro atoms. The topological polar surface area (TPSA) is 71.3 Å². The Kier molecular flexibility index (Phi) is 5.15. The number of carbonyl (C=O) groups is 1. The van der Waals surface area contributed by atoms with E-state index in [9.17, 15) is 22.8 Å². The van der Waals surface area contributed by atoms with E-state index >= 15 is 0 Å². The van der Waals surface area contributed by atoms with Crippen molar-refractivity contribution < 1.29 is 18.0 Å². The third-order valence-electron chi connectivity index (χ3n) is 4.36. The third kappa shape index (κ3) is 4.26. The second-order valence-corrected chi connectivity index (χ2v) is 6.22. The fourth-order valence-corrected chi connectivity index (χ4v) is 2.87. The Morgan fingerprint density at radius 3 is 2.48 bits per heavy atom. The number of hydrogen-bond acceptors (Lipinski definition) is 5. The normalized spacial score (nSPS) is 15.6. The van der Waals surface area contributed by atoms with Gasteiger partial charge < -0.3 is 9.80 Å². The Balaban J connectivity index is 1.69. The Morgan fingerprint density at radius 1 is 1.07 bits per heavy atom. The molecular formula is C17H18F3N5O2. The van der Waals surface area contributed by atoms with E-state index in [1.165, 1.54) is 25.2 Å². The maximum Gasteiger partial charge on any atom is 0.417 e. The summed E-state index contributed by atoms with van der Waals surface area (Å²) in [6, 6.07) is 5.03. The first-order valence-electron chi connectivity index (χ1n) is 8.37. The molecule has 0 saturated carbocycles. The summed E-state index contributed by atoms with van der Waals surface area (Å²) >= 11 is 0. The Bertz CT molecular complexity index is 879. The van der Waals surface area contributed by atoms with E-state index in [0.29, 0.717) is 38.4 Å². The first-order chi connectivity index (χ1) is 12.8. The molecule has 7 nitrogen and oxygen atoms in total. The molecule has 0 atom stereocenters. The van der Waals surface area contributed by atoms with Crippen LogP contribution in [-0.2, 0) is 13.2 Å². The van der Waals surface area contributed by atoms with E-state index in [1.54, 1.807) is 4.90 Å². The van der Waals surface area contributed by atoms with Crippen LogP contribution in [0.3, 0.4) is 0 Å². The number of aryl methyl sites for hydroxylation is 1. The van der Waals surface area contributed by atoms with Gasteiger partial charge in [0.1, 0.15) is 11.5 Å². The van der Waals surface area contributed by atoms with Crippen LogP contribution in [0.25, 0.3) is 0 Å². The van der Waals surface area contributed by atoms with Crippen molar-refractivity contribution in [3.63, 3.8) is 0 Å². The molecule has 27 heavy (non-hydrogen) atoms. The predicted octanol–water partition coefficient (Wildman–Crippen LogP) is 1.55. The number of nitrogens with zero attached hydrogens (tertiary/aromatic N) is 5. The maximum absolute atomic E-state index is 12.7. The van der Waals surface area contributed by atoms with Crippen LogP contribution in [0.5, 0.6) is 0 Å². The number of halogens is 3. The van der Waals surface area contributed by atoms with Gasteiger partial charge >= 0.3 is 6.18 Å². The Hall–Kier alpha value is -2.91. The molecule has 0 bridgehead atoms. The average molecular weight is 381 g/mol. The monoisotopic (exact) mass is 381 g/mol. The van der Waals surface area contributed by atoms with Crippen LogP contribution in [-0.4, -0.2) is 51.8 Å². The molecule has 2 aromatic heterocycles. The van der Waals surface area contributed by atoms with Crippen LogP contribution in [0.4, 0.5) is 19.0 Å². The summed E-state index contributed by atoms with van der Waals surface area (Å²) in [5.74, 6) is 0.158. The summed E-state index contributed by atoms with van der Waals surface area (Å²) in [4.78, 5) is 31.4. The number of rotatable bonds is 2. The summed E-state index contributed by atoms with van der Waals surface area (Å²) in [5.41, 5.74) is -0.918. The van der Waals surface area contributed by atoms with Crippen molar-refractivity contribution in [2.45, 2.75) is 12.6 Å². The number of anilines is 1. The van der Waals surface area contributed by atoms with Gasteiger partial charge in [-0.15, -0.1) is 0 Å². The zero-order chi connectivity index (χ0) is 19.6. The lowest BCUT2D eigenvalue weighted by Gasteiger charge is -2.23. The molecule has 2 aromatic rings. The first-order valence-corrected chi connectivity index (χ1v) is 8.37. The molecule has 0 N–H and O–H groups in total. The molecule has 3 rings (SSSR count). The van der Waals surface area contributed by atoms with Crippen molar-refractivity contribution in [2.24, 2.45) is 7.05 Å². The van der Waals surface area contributed by atoms with Crippen molar-refractivity contribution >= 4 is 11.7 Å². The molecule has 1 aliphatic rings. The molecular weight excluding hydrogens is 363 g/mol. The van der Waals surface area contributed by atoms with Crippen molar-refractivity contribution in [2.75, 3.05) is 31.1 Å². The number of amides is 1. The van der Waals surface area contributed by atoms with Crippen molar-refractivity contribution in [1.29, 1.82) is 0 Å². The van der Waals surface area contributed by atoms with Crippen molar-refractivity contribution in [3.8, 4) is 0 Å². The largest absolute Gasteiger partial charge is 0.417 e. The highest BCUT2D eigenvalue weighted by Gasteiger charge is 2.31. The van der Waals surface area contributed by atoms with Crippen LogP contribution < -0.4 is 10.5 Å². The highest BCUT2D eigenvalue weighted by atomic mass is 19.4. The van der Waals surface area contributed by atoms with Gasteiger partial charge in [0.05, 0.1) is 5.56 Å². The van der Waals surface area contributed by atoms with E-state index in [1.807, 2.05) is 4.90 Å².